The average Bonchev–Trinajstić information content (AvgIpc) is 2.87. The maximum absolute atomic E-state index is 14.2. The van der Waals surface area contributed by atoms with Crippen molar-refractivity contribution >= 4 is 0 Å². The lowest BCUT2D eigenvalue weighted by Gasteiger charge is -2.41. The highest BCUT2D eigenvalue weighted by Crippen LogP contribution is 2.46. The molecule has 3 saturated carbocycles. The van der Waals surface area contributed by atoms with Gasteiger partial charge in [0.05, 0.1) is 6.10 Å². The van der Waals surface area contributed by atoms with E-state index in [1.807, 2.05) is 0 Å². The molecule has 0 bridgehead atoms. The van der Waals surface area contributed by atoms with Crippen LogP contribution in [0.5, 0.6) is 5.75 Å². The lowest BCUT2D eigenvalue weighted by Crippen LogP contribution is -2.35. The van der Waals surface area contributed by atoms with Gasteiger partial charge >= 0.3 is 6.11 Å². The summed E-state index contributed by atoms with van der Waals surface area (Å²) >= 11 is 0. The maximum atomic E-state index is 14.2. The normalized spacial score (nSPS) is 31.8. The maximum Gasteiger partial charge on any atom is 0.421 e. The molecular formula is C29H41F5O2. The minimum atomic E-state index is -3.76. The SMILES string of the molecule is CCCC1CCC(C2CCC(C3CCC(OCC(F)(F)Oc4cc(F)c(F)c(F)c4)CC3)CC2)CC1. The van der Waals surface area contributed by atoms with Gasteiger partial charge in [0, 0.05) is 12.1 Å². The molecule has 0 aromatic heterocycles. The number of alkyl halides is 2. The molecule has 36 heavy (non-hydrogen) atoms. The van der Waals surface area contributed by atoms with Gasteiger partial charge in [0.2, 0.25) is 0 Å². The van der Waals surface area contributed by atoms with Crippen LogP contribution in [0.15, 0.2) is 12.1 Å². The number of halogens is 5. The summed E-state index contributed by atoms with van der Waals surface area (Å²) in [5.41, 5.74) is 0. The van der Waals surface area contributed by atoms with Crippen molar-refractivity contribution in [1.29, 1.82) is 0 Å². The van der Waals surface area contributed by atoms with Crippen molar-refractivity contribution < 1.29 is 31.4 Å². The molecule has 0 aliphatic heterocycles. The summed E-state index contributed by atoms with van der Waals surface area (Å²) < 4.78 is 77.7. The first kappa shape index (κ1) is 27.7. The highest BCUT2D eigenvalue weighted by atomic mass is 19.3. The quantitative estimate of drug-likeness (QED) is 0.241. The Labute approximate surface area is 212 Å². The smallest absolute Gasteiger partial charge is 0.421 e. The Morgan fingerprint density at radius 3 is 1.64 bits per heavy atom. The van der Waals surface area contributed by atoms with Crippen molar-refractivity contribution in [1.82, 2.24) is 0 Å². The van der Waals surface area contributed by atoms with Crippen LogP contribution in [0.25, 0.3) is 0 Å². The van der Waals surface area contributed by atoms with E-state index in [0.717, 1.165) is 49.4 Å². The second-order valence-corrected chi connectivity index (χ2v) is 11.5. The van der Waals surface area contributed by atoms with Gasteiger partial charge in [-0.1, -0.05) is 32.6 Å². The molecular weight excluding hydrogens is 475 g/mol. The molecule has 0 spiro atoms. The van der Waals surface area contributed by atoms with Gasteiger partial charge in [-0.05, 0) is 93.8 Å². The van der Waals surface area contributed by atoms with Crippen LogP contribution in [-0.4, -0.2) is 18.8 Å². The van der Waals surface area contributed by atoms with Crippen molar-refractivity contribution in [2.45, 2.75) is 109 Å². The summed E-state index contributed by atoms with van der Waals surface area (Å²) in [5.74, 6) is -1.47. The highest BCUT2D eigenvalue weighted by molar-refractivity contribution is 5.25. The molecule has 3 aliphatic carbocycles. The zero-order valence-electron chi connectivity index (χ0n) is 21.4. The molecule has 0 saturated heterocycles. The number of ether oxygens (including phenoxy) is 2. The van der Waals surface area contributed by atoms with E-state index in [2.05, 4.69) is 11.7 Å². The molecule has 0 heterocycles. The molecule has 0 amide bonds. The van der Waals surface area contributed by atoms with Crippen molar-refractivity contribution in [3.63, 3.8) is 0 Å². The largest absolute Gasteiger partial charge is 0.431 e. The molecule has 1 aromatic carbocycles. The van der Waals surface area contributed by atoms with Crippen LogP contribution in [-0.2, 0) is 4.74 Å². The molecule has 3 aliphatic rings. The van der Waals surface area contributed by atoms with Gasteiger partial charge < -0.3 is 9.47 Å². The summed E-state index contributed by atoms with van der Waals surface area (Å²) in [6.07, 6.45) is 13.1. The van der Waals surface area contributed by atoms with Gasteiger partial charge in [-0.3, -0.25) is 0 Å². The molecule has 204 valence electrons. The summed E-state index contributed by atoms with van der Waals surface area (Å²) in [5, 5.41) is 0. The fourth-order valence-corrected chi connectivity index (χ4v) is 7.18. The van der Waals surface area contributed by atoms with Crippen LogP contribution in [0.3, 0.4) is 0 Å². The Morgan fingerprint density at radius 1 is 0.722 bits per heavy atom. The molecule has 3 fully saturated rings. The molecule has 0 unspecified atom stereocenters. The molecule has 2 nitrogen and oxygen atoms in total. The summed E-state index contributed by atoms with van der Waals surface area (Å²) in [7, 11) is 0. The van der Waals surface area contributed by atoms with Gasteiger partial charge in [0.15, 0.2) is 24.1 Å². The number of hydrogen-bond acceptors (Lipinski definition) is 2. The van der Waals surface area contributed by atoms with E-state index in [1.54, 1.807) is 0 Å². The predicted molar refractivity (Wildman–Crippen MR) is 129 cm³/mol. The topological polar surface area (TPSA) is 18.5 Å². The van der Waals surface area contributed by atoms with E-state index in [4.69, 9.17) is 4.74 Å². The van der Waals surface area contributed by atoms with Gasteiger partial charge in [0.1, 0.15) is 5.75 Å². The van der Waals surface area contributed by atoms with Crippen molar-refractivity contribution in [2.75, 3.05) is 6.61 Å². The Kier molecular flexibility index (Phi) is 9.56. The Bertz CT molecular complexity index is 800. The van der Waals surface area contributed by atoms with E-state index in [0.29, 0.717) is 18.1 Å². The molecule has 0 radical (unpaired) electrons. The van der Waals surface area contributed by atoms with Gasteiger partial charge in [-0.25, -0.2) is 13.2 Å². The van der Waals surface area contributed by atoms with Crippen LogP contribution in [0.1, 0.15) is 96.8 Å². The lowest BCUT2D eigenvalue weighted by molar-refractivity contribution is -0.222. The van der Waals surface area contributed by atoms with E-state index < -0.39 is 35.9 Å². The molecule has 1 aromatic rings. The van der Waals surface area contributed by atoms with Crippen molar-refractivity contribution in [2.24, 2.45) is 29.6 Å². The third-order valence-electron chi connectivity index (χ3n) is 9.17. The highest BCUT2D eigenvalue weighted by Gasteiger charge is 2.37. The summed E-state index contributed by atoms with van der Waals surface area (Å²) in [4.78, 5) is 0. The van der Waals surface area contributed by atoms with E-state index in [-0.39, 0.29) is 6.10 Å². The first-order chi connectivity index (χ1) is 17.2. The fraction of sp³-hybridized carbons (Fsp3) is 0.793. The number of benzene rings is 1. The van der Waals surface area contributed by atoms with Crippen molar-refractivity contribution in [3.8, 4) is 5.75 Å². The molecule has 7 heteroatoms. The van der Waals surface area contributed by atoms with Crippen LogP contribution in [0.2, 0.25) is 0 Å². The predicted octanol–water partition coefficient (Wildman–Crippen LogP) is 9.06. The number of rotatable bonds is 9. The lowest BCUT2D eigenvalue weighted by atomic mass is 9.65. The second kappa shape index (κ2) is 12.4. The Hall–Kier alpha value is -1.37. The van der Waals surface area contributed by atoms with Crippen LogP contribution >= 0.6 is 0 Å². The minimum absolute atomic E-state index is 0.271. The monoisotopic (exact) mass is 516 g/mol. The summed E-state index contributed by atoms with van der Waals surface area (Å²) in [6.45, 7) is 1.29. The van der Waals surface area contributed by atoms with E-state index in [9.17, 15) is 22.0 Å². The van der Waals surface area contributed by atoms with E-state index in [1.165, 1.54) is 64.2 Å². The van der Waals surface area contributed by atoms with Gasteiger partial charge in [0.25, 0.3) is 0 Å². The minimum Gasteiger partial charge on any atom is -0.431 e. The van der Waals surface area contributed by atoms with Crippen LogP contribution in [0, 0.1) is 47.0 Å². The Morgan fingerprint density at radius 2 is 1.17 bits per heavy atom. The molecule has 0 atom stereocenters. The fourth-order valence-electron chi connectivity index (χ4n) is 7.18. The summed E-state index contributed by atoms with van der Waals surface area (Å²) in [6, 6.07) is 0.813. The third kappa shape index (κ3) is 7.35. The standard InChI is InChI=1S/C29H41F5O2/c1-2-3-19-4-6-20(7-5-19)21-8-10-22(11-9-21)23-12-14-24(15-13-23)35-18-29(33,34)36-25-16-26(30)28(32)27(31)17-25/h16-17,19-24H,2-15,18H2,1H3. The Balaban J connectivity index is 1.15. The van der Waals surface area contributed by atoms with Gasteiger partial charge in [-0.2, -0.15) is 8.78 Å². The molecule has 0 N–H and O–H groups in total. The third-order valence-corrected chi connectivity index (χ3v) is 9.17. The average molecular weight is 517 g/mol. The first-order valence-electron chi connectivity index (χ1n) is 14.1. The van der Waals surface area contributed by atoms with Gasteiger partial charge in [-0.15, -0.1) is 0 Å². The number of hydrogen-bond donors (Lipinski definition) is 0. The second-order valence-electron chi connectivity index (χ2n) is 11.5. The zero-order chi connectivity index (χ0) is 25.7. The first-order valence-corrected chi connectivity index (χ1v) is 14.1. The van der Waals surface area contributed by atoms with Crippen LogP contribution < -0.4 is 4.74 Å². The van der Waals surface area contributed by atoms with E-state index >= 15 is 0 Å². The van der Waals surface area contributed by atoms with Crippen molar-refractivity contribution in [3.05, 3.63) is 29.6 Å². The zero-order valence-corrected chi connectivity index (χ0v) is 21.4. The van der Waals surface area contributed by atoms with Crippen LogP contribution in [0.4, 0.5) is 22.0 Å². The molecule has 4 rings (SSSR count).